The van der Waals surface area contributed by atoms with Crippen LogP contribution in [0.1, 0.15) is 45.6 Å². The van der Waals surface area contributed by atoms with Crippen LogP contribution in [0.4, 0.5) is 5.95 Å². The fraction of sp³-hybridized carbons (Fsp3) is 0.381. The first-order valence-electron chi connectivity index (χ1n) is 10.1. The van der Waals surface area contributed by atoms with Gasteiger partial charge in [0.1, 0.15) is 6.04 Å². The molecule has 1 atom stereocenters. The van der Waals surface area contributed by atoms with E-state index in [-0.39, 0.29) is 18.2 Å². The smallest absolute Gasteiger partial charge is 0.255 e. The van der Waals surface area contributed by atoms with Crippen LogP contribution in [0.15, 0.2) is 24.4 Å². The van der Waals surface area contributed by atoms with Crippen molar-refractivity contribution in [3.8, 4) is 0 Å². The van der Waals surface area contributed by atoms with E-state index < -0.39 is 11.9 Å². The van der Waals surface area contributed by atoms with E-state index in [4.69, 9.17) is 0 Å². The SMILES string of the molecule is O=C1CCC(N2Cc3cc(CNc4ncc5c(n4)CNCC5)ccc3C2=O)C(=O)N1. The van der Waals surface area contributed by atoms with Crippen molar-refractivity contribution in [2.24, 2.45) is 0 Å². The van der Waals surface area contributed by atoms with Crippen molar-refractivity contribution in [2.75, 3.05) is 11.9 Å². The zero-order valence-electron chi connectivity index (χ0n) is 16.4. The second-order valence-electron chi connectivity index (χ2n) is 7.84. The molecule has 1 saturated heterocycles. The van der Waals surface area contributed by atoms with Crippen LogP contribution in [0.5, 0.6) is 0 Å². The molecule has 3 aliphatic heterocycles. The van der Waals surface area contributed by atoms with E-state index in [9.17, 15) is 14.4 Å². The van der Waals surface area contributed by atoms with Crippen molar-refractivity contribution in [1.29, 1.82) is 0 Å². The number of carbonyl (C=O) groups excluding carboxylic acids is 3. The molecule has 0 radical (unpaired) electrons. The van der Waals surface area contributed by atoms with Gasteiger partial charge in [-0.3, -0.25) is 19.7 Å². The monoisotopic (exact) mass is 406 g/mol. The van der Waals surface area contributed by atoms with E-state index in [2.05, 4.69) is 25.9 Å². The number of benzene rings is 1. The first-order valence-corrected chi connectivity index (χ1v) is 10.1. The van der Waals surface area contributed by atoms with Gasteiger partial charge < -0.3 is 15.5 Å². The number of amides is 3. The van der Waals surface area contributed by atoms with Crippen LogP contribution >= 0.6 is 0 Å². The molecule has 9 nitrogen and oxygen atoms in total. The normalized spacial score (nSPS) is 20.6. The summed E-state index contributed by atoms with van der Waals surface area (Å²) in [6, 6.07) is 5.09. The maximum Gasteiger partial charge on any atom is 0.255 e. The summed E-state index contributed by atoms with van der Waals surface area (Å²) in [5.74, 6) is -0.258. The number of rotatable bonds is 4. The Hall–Kier alpha value is -3.33. The molecule has 2 aromatic rings. The molecule has 1 unspecified atom stereocenters. The highest BCUT2D eigenvalue weighted by molar-refractivity contribution is 6.05. The highest BCUT2D eigenvalue weighted by Gasteiger charge is 2.39. The Labute approximate surface area is 173 Å². The number of anilines is 1. The zero-order chi connectivity index (χ0) is 20.7. The standard InChI is InChI=1S/C21H22N6O3/c28-18-4-3-17(19(29)26-18)27-11-14-7-12(1-2-15(14)20(27)30)8-23-21-24-9-13-5-6-22-10-16(13)25-21/h1-2,7,9,17,22H,3-6,8,10-11H2,(H,23,24,25)(H,26,28,29). The molecule has 0 aliphatic carbocycles. The number of imide groups is 1. The Balaban J connectivity index is 1.27. The van der Waals surface area contributed by atoms with Gasteiger partial charge >= 0.3 is 0 Å². The highest BCUT2D eigenvalue weighted by atomic mass is 16.2. The number of carbonyl (C=O) groups is 3. The maximum atomic E-state index is 12.8. The van der Waals surface area contributed by atoms with Crippen molar-refractivity contribution in [3.63, 3.8) is 0 Å². The number of hydrogen-bond donors (Lipinski definition) is 3. The minimum Gasteiger partial charge on any atom is -0.350 e. The van der Waals surface area contributed by atoms with Crippen LogP contribution in [-0.4, -0.2) is 45.2 Å². The first kappa shape index (κ1) is 18.7. The summed E-state index contributed by atoms with van der Waals surface area (Å²) in [5.41, 5.74) is 4.72. The van der Waals surface area contributed by atoms with Crippen LogP contribution in [0.25, 0.3) is 0 Å². The molecule has 0 spiro atoms. The topological polar surface area (TPSA) is 116 Å². The Morgan fingerprint density at radius 2 is 2.07 bits per heavy atom. The number of aromatic nitrogens is 2. The van der Waals surface area contributed by atoms with E-state index in [1.54, 1.807) is 11.0 Å². The molecule has 5 rings (SSSR count). The maximum absolute atomic E-state index is 12.8. The predicted molar refractivity (Wildman–Crippen MR) is 107 cm³/mol. The number of nitrogens with zero attached hydrogens (tertiary/aromatic N) is 3. The van der Waals surface area contributed by atoms with E-state index in [0.29, 0.717) is 31.0 Å². The Morgan fingerprint density at radius 1 is 1.17 bits per heavy atom. The lowest BCUT2D eigenvalue weighted by Crippen LogP contribution is -2.52. The third-order valence-corrected chi connectivity index (χ3v) is 5.86. The molecule has 1 aromatic heterocycles. The average Bonchev–Trinajstić information content (AvgIpc) is 3.08. The summed E-state index contributed by atoms with van der Waals surface area (Å²) >= 11 is 0. The lowest BCUT2D eigenvalue weighted by molar-refractivity contribution is -0.136. The molecule has 3 N–H and O–H groups in total. The van der Waals surface area contributed by atoms with Crippen molar-refractivity contribution in [3.05, 3.63) is 52.3 Å². The summed E-state index contributed by atoms with van der Waals surface area (Å²) in [6.07, 6.45) is 3.44. The number of fused-ring (bicyclic) bond motifs is 2. The van der Waals surface area contributed by atoms with Gasteiger partial charge in [-0.2, -0.15) is 0 Å². The van der Waals surface area contributed by atoms with Gasteiger partial charge in [-0.15, -0.1) is 0 Å². The lowest BCUT2D eigenvalue weighted by atomic mass is 10.0. The van der Waals surface area contributed by atoms with E-state index >= 15 is 0 Å². The molecule has 1 fully saturated rings. The van der Waals surface area contributed by atoms with Crippen molar-refractivity contribution in [2.45, 2.75) is 44.9 Å². The summed E-state index contributed by atoms with van der Waals surface area (Å²) in [7, 11) is 0. The highest BCUT2D eigenvalue weighted by Crippen LogP contribution is 2.28. The number of nitrogens with one attached hydrogen (secondary N) is 3. The molecule has 4 heterocycles. The third kappa shape index (κ3) is 3.41. The largest absolute Gasteiger partial charge is 0.350 e. The van der Waals surface area contributed by atoms with E-state index in [0.717, 1.165) is 36.3 Å². The molecule has 3 aliphatic rings. The molecule has 0 bridgehead atoms. The minimum atomic E-state index is -0.596. The van der Waals surface area contributed by atoms with Gasteiger partial charge in [0.05, 0.1) is 5.69 Å². The van der Waals surface area contributed by atoms with Crippen molar-refractivity contribution < 1.29 is 14.4 Å². The minimum absolute atomic E-state index is 0.162. The van der Waals surface area contributed by atoms with Crippen LogP contribution in [0.2, 0.25) is 0 Å². The molecule has 3 amide bonds. The first-order chi connectivity index (χ1) is 14.6. The van der Waals surface area contributed by atoms with Crippen molar-refractivity contribution >= 4 is 23.7 Å². The summed E-state index contributed by atoms with van der Waals surface area (Å²) in [4.78, 5) is 46.9. The second kappa shape index (κ2) is 7.49. The van der Waals surface area contributed by atoms with Gasteiger partial charge in [0.25, 0.3) is 5.91 Å². The molecule has 154 valence electrons. The third-order valence-electron chi connectivity index (χ3n) is 5.86. The lowest BCUT2D eigenvalue weighted by Gasteiger charge is -2.29. The van der Waals surface area contributed by atoms with Crippen LogP contribution in [0.3, 0.4) is 0 Å². The van der Waals surface area contributed by atoms with Crippen LogP contribution < -0.4 is 16.0 Å². The fourth-order valence-corrected chi connectivity index (χ4v) is 4.24. The molecule has 9 heteroatoms. The van der Waals surface area contributed by atoms with Crippen LogP contribution in [-0.2, 0) is 35.6 Å². The summed E-state index contributed by atoms with van der Waals surface area (Å²) in [6.45, 7) is 2.61. The van der Waals surface area contributed by atoms with E-state index in [1.165, 1.54) is 5.56 Å². The van der Waals surface area contributed by atoms with Gasteiger partial charge in [-0.1, -0.05) is 12.1 Å². The van der Waals surface area contributed by atoms with Gasteiger partial charge in [0, 0.05) is 37.8 Å². The molecule has 1 aromatic carbocycles. The van der Waals surface area contributed by atoms with Gasteiger partial charge in [0.15, 0.2) is 0 Å². The molecular weight excluding hydrogens is 384 g/mol. The number of piperidine rings is 1. The predicted octanol–water partition coefficient (Wildman–Crippen LogP) is 0.495. The van der Waals surface area contributed by atoms with Gasteiger partial charge in [-0.25, -0.2) is 9.97 Å². The molecular formula is C21H22N6O3. The fourth-order valence-electron chi connectivity index (χ4n) is 4.24. The van der Waals surface area contributed by atoms with Crippen LogP contribution in [0, 0.1) is 0 Å². The second-order valence-corrected chi connectivity index (χ2v) is 7.84. The summed E-state index contributed by atoms with van der Waals surface area (Å²) in [5, 5.41) is 8.88. The van der Waals surface area contributed by atoms with Gasteiger partial charge in [-0.05, 0) is 42.1 Å². The Morgan fingerprint density at radius 3 is 2.93 bits per heavy atom. The van der Waals surface area contributed by atoms with Gasteiger partial charge in [0.2, 0.25) is 17.8 Å². The summed E-state index contributed by atoms with van der Waals surface area (Å²) < 4.78 is 0. The molecule has 0 saturated carbocycles. The average molecular weight is 406 g/mol. The number of hydrogen-bond acceptors (Lipinski definition) is 7. The zero-order valence-corrected chi connectivity index (χ0v) is 16.4. The quantitative estimate of drug-likeness (QED) is 0.633. The van der Waals surface area contributed by atoms with E-state index in [1.807, 2.05) is 18.3 Å². The Kier molecular flexibility index (Phi) is 4.66. The Bertz CT molecular complexity index is 1050. The molecule has 30 heavy (non-hydrogen) atoms. The van der Waals surface area contributed by atoms with Crippen molar-refractivity contribution in [1.82, 2.24) is 25.5 Å².